The van der Waals surface area contributed by atoms with Crippen LogP contribution >= 0.6 is 22.7 Å². The lowest BCUT2D eigenvalue weighted by Gasteiger charge is -1.98. The van der Waals surface area contributed by atoms with Gasteiger partial charge in [-0.3, -0.25) is 0 Å². The minimum Gasteiger partial charge on any atom is -0.333 e. The monoisotopic (exact) mass is 365 g/mol. The van der Waals surface area contributed by atoms with Crippen molar-refractivity contribution in [2.24, 2.45) is 0 Å². The molecule has 6 heteroatoms. The van der Waals surface area contributed by atoms with Crippen LogP contribution in [-0.2, 0) is 0 Å². The van der Waals surface area contributed by atoms with Gasteiger partial charge in [-0.05, 0) is 31.9 Å². The average molecular weight is 365 g/mol. The van der Waals surface area contributed by atoms with Crippen molar-refractivity contribution in [3.63, 3.8) is 0 Å². The van der Waals surface area contributed by atoms with Crippen LogP contribution in [0.3, 0.4) is 0 Å². The van der Waals surface area contributed by atoms with Crippen molar-refractivity contribution in [3.05, 3.63) is 51.7 Å². The van der Waals surface area contributed by atoms with Gasteiger partial charge in [-0.2, -0.15) is 4.98 Å². The average Bonchev–Trinajstić information content (AvgIpc) is 3.06. The largest absolute Gasteiger partial charge is 0.333 e. The number of thiazole rings is 1. The minimum atomic E-state index is 0.575. The van der Waals surface area contributed by atoms with E-state index in [1.807, 2.05) is 18.2 Å². The maximum atomic E-state index is 5.41. The molecule has 1 aliphatic carbocycles. The van der Waals surface area contributed by atoms with Gasteiger partial charge in [0.05, 0.1) is 15.6 Å². The predicted molar refractivity (Wildman–Crippen MR) is 101 cm³/mol. The molecule has 124 valence electrons. The van der Waals surface area contributed by atoms with Crippen molar-refractivity contribution in [2.75, 3.05) is 0 Å². The number of hydrogen-bond donors (Lipinski definition) is 0. The van der Waals surface area contributed by atoms with Crippen LogP contribution in [0, 0.1) is 6.92 Å². The fraction of sp³-hybridized carbons (Fsp3) is 0.211. The molecular weight excluding hydrogens is 350 g/mol. The molecule has 25 heavy (non-hydrogen) atoms. The molecule has 3 heterocycles. The highest BCUT2D eigenvalue weighted by molar-refractivity contribution is 7.15. The molecular formula is C19H15N3OS2. The minimum absolute atomic E-state index is 0.575. The van der Waals surface area contributed by atoms with Crippen molar-refractivity contribution in [1.82, 2.24) is 15.1 Å². The zero-order chi connectivity index (χ0) is 16.8. The third kappa shape index (κ3) is 2.92. The Morgan fingerprint density at radius 2 is 1.80 bits per heavy atom. The summed E-state index contributed by atoms with van der Waals surface area (Å²) in [5.74, 6) is 1.90. The first-order valence-corrected chi connectivity index (χ1v) is 9.92. The predicted octanol–water partition coefficient (Wildman–Crippen LogP) is 5.77. The molecule has 0 radical (unpaired) electrons. The second-order valence-electron chi connectivity index (χ2n) is 6.26. The van der Waals surface area contributed by atoms with Gasteiger partial charge in [0.15, 0.2) is 0 Å². The van der Waals surface area contributed by atoms with E-state index in [0.29, 0.717) is 17.6 Å². The SMILES string of the molecule is Cc1ccc(-c2nc(-c3ccc(-c4csc(C5CC5)n4)cc3)no2)s1. The van der Waals surface area contributed by atoms with E-state index in [-0.39, 0.29) is 0 Å². The number of aromatic nitrogens is 3. The Bertz CT molecular complexity index is 1030. The molecule has 1 saturated carbocycles. The highest BCUT2D eigenvalue weighted by Crippen LogP contribution is 2.42. The molecule has 0 amide bonds. The first-order chi connectivity index (χ1) is 12.3. The summed E-state index contributed by atoms with van der Waals surface area (Å²) in [6.45, 7) is 2.07. The summed E-state index contributed by atoms with van der Waals surface area (Å²) in [6, 6.07) is 12.3. The van der Waals surface area contributed by atoms with Crippen LogP contribution in [0.2, 0.25) is 0 Å². The molecule has 3 aromatic heterocycles. The molecule has 0 atom stereocenters. The Morgan fingerprint density at radius 1 is 1.00 bits per heavy atom. The van der Waals surface area contributed by atoms with E-state index in [0.717, 1.165) is 21.7 Å². The molecule has 1 aromatic carbocycles. The first kappa shape index (κ1) is 15.0. The number of nitrogens with zero attached hydrogens (tertiary/aromatic N) is 3. The number of rotatable bonds is 4. The lowest BCUT2D eigenvalue weighted by Crippen LogP contribution is -1.83. The van der Waals surface area contributed by atoms with E-state index >= 15 is 0 Å². The van der Waals surface area contributed by atoms with E-state index in [1.165, 1.54) is 22.7 Å². The summed E-state index contributed by atoms with van der Waals surface area (Å²) < 4.78 is 5.41. The van der Waals surface area contributed by atoms with Crippen LogP contribution in [0.15, 0.2) is 46.3 Å². The molecule has 0 spiro atoms. The van der Waals surface area contributed by atoms with Gasteiger partial charge in [0, 0.05) is 27.3 Å². The normalized spacial score (nSPS) is 14.1. The summed E-state index contributed by atoms with van der Waals surface area (Å²) in [5, 5.41) is 7.54. The number of benzene rings is 1. The maximum absolute atomic E-state index is 5.41. The molecule has 0 N–H and O–H groups in total. The van der Waals surface area contributed by atoms with E-state index in [4.69, 9.17) is 9.51 Å². The summed E-state index contributed by atoms with van der Waals surface area (Å²) in [5.41, 5.74) is 3.13. The molecule has 1 aliphatic rings. The number of aryl methyl sites for hydroxylation is 1. The van der Waals surface area contributed by atoms with Crippen LogP contribution in [-0.4, -0.2) is 15.1 Å². The van der Waals surface area contributed by atoms with Crippen molar-refractivity contribution < 1.29 is 4.52 Å². The highest BCUT2D eigenvalue weighted by atomic mass is 32.1. The standard InChI is InChI=1S/C19H15N3OS2/c1-11-2-9-16(25-11)18-21-17(22-23-18)13-5-3-12(4-6-13)15-10-24-19(20-15)14-7-8-14/h2-6,9-10,14H,7-8H2,1H3. The number of hydrogen-bond acceptors (Lipinski definition) is 6. The van der Waals surface area contributed by atoms with E-state index in [1.54, 1.807) is 22.7 Å². The molecule has 4 aromatic rings. The summed E-state index contributed by atoms with van der Waals surface area (Å²) >= 11 is 3.42. The second-order valence-corrected chi connectivity index (χ2v) is 8.43. The summed E-state index contributed by atoms with van der Waals surface area (Å²) in [4.78, 5) is 11.5. The molecule has 0 unspecified atom stereocenters. The van der Waals surface area contributed by atoms with Gasteiger partial charge >= 0.3 is 0 Å². The van der Waals surface area contributed by atoms with Crippen molar-refractivity contribution in [1.29, 1.82) is 0 Å². The van der Waals surface area contributed by atoms with Crippen molar-refractivity contribution in [2.45, 2.75) is 25.7 Å². The molecule has 4 nitrogen and oxygen atoms in total. The Balaban J connectivity index is 1.40. The second kappa shape index (κ2) is 5.89. The van der Waals surface area contributed by atoms with Gasteiger partial charge < -0.3 is 4.52 Å². The summed E-state index contributed by atoms with van der Waals surface area (Å²) in [6.07, 6.45) is 2.58. The first-order valence-electron chi connectivity index (χ1n) is 8.23. The van der Waals surface area contributed by atoms with Crippen LogP contribution in [0.5, 0.6) is 0 Å². The van der Waals surface area contributed by atoms with Gasteiger partial charge in [-0.15, -0.1) is 22.7 Å². The lowest BCUT2D eigenvalue weighted by atomic mass is 10.1. The van der Waals surface area contributed by atoms with E-state index in [9.17, 15) is 0 Å². The summed E-state index contributed by atoms with van der Waals surface area (Å²) in [7, 11) is 0. The van der Waals surface area contributed by atoms with Gasteiger partial charge in [-0.1, -0.05) is 29.4 Å². The Morgan fingerprint density at radius 3 is 2.52 bits per heavy atom. The zero-order valence-electron chi connectivity index (χ0n) is 13.6. The van der Waals surface area contributed by atoms with Gasteiger partial charge in [0.1, 0.15) is 0 Å². The zero-order valence-corrected chi connectivity index (χ0v) is 15.2. The smallest absolute Gasteiger partial charge is 0.268 e. The lowest BCUT2D eigenvalue weighted by molar-refractivity contribution is 0.433. The van der Waals surface area contributed by atoms with Crippen molar-refractivity contribution >= 4 is 22.7 Å². The van der Waals surface area contributed by atoms with Crippen molar-refractivity contribution in [3.8, 4) is 33.4 Å². The van der Waals surface area contributed by atoms with E-state index < -0.39 is 0 Å². The quantitative estimate of drug-likeness (QED) is 0.460. The topological polar surface area (TPSA) is 51.8 Å². The fourth-order valence-electron chi connectivity index (χ4n) is 2.72. The Labute approximate surface area is 153 Å². The Kier molecular flexibility index (Phi) is 3.53. The third-order valence-electron chi connectivity index (χ3n) is 4.26. The van der Waals surface area contributed by atoms with Crippen LogP contribution in [0.4, 0.5) is 0 Å². The molecule has 0 bridgehead atoms. The molecule has 1 fully saturated rings. The van der Waals surface area contributed by atoms with Crippen LogP contribution < -0.4 is 0 Å². The van der Waals surface area contributed by atoms with Gasteiger partial charge in [0.25, 0.3) is 5.89 Å². The highest BCUT2D eigenvalue weighted by Gasteiger charge is 2.26. The fourth-order valence-corrected chi connectivity index (χ4v) is 4.51. The maximum Gasteiger partial charge on any atom is 0.268 e. The number of thiophene rings is 1. The van der Waals surface area contributed by atoms with Gasteiger partial charge in [-0.25, -0.2) is 4.98 Å². The third-order valence-corrected chi connectivity index (χ3v) is 6.26. The Hall–Kier alpha value is -2.31. The van der Waals surface area contributed by atoms with E-state index in [2.05, 4.69) is 40.6 Å². The van der Waals surface area contributed by atoms with Gasteiger partial charge in [0.2, 0.25) is 5.82 Å². The molecule has 0 saturated heterocycles. The molecule has 5 rings (SSSR count). The molecule has 0 aliphatic heterocycles. The van der Waals surface area contributed by atoms with Crippen LogP contribution in [0.25, 0.3) is 33.4 Å². The van der Waals surface area contributed by atoms with Crippen LogP contribution in [0.1, 0.15) is 28.6 Å².